The maximum Gasteiger partial charge on any atom is 0.338 e. The molecule has 30 heavy (non-hydrogen) atoms. The number of aromatic nitrogens is 2. The standard InChI is InChI=1S/C23H20N2O5/c1-4-14-7-17-16(9-22(27)30-21(17)10-20(14)26)11-29-23(28)15-5-6-18-19(8-15)25-13(3)12(2)24-18/h5-10,26H,4,11H2,1-3H3. The molecule has 0 bridgehead atoms. The van der Waals surface area contributed by atoms with E-state index in [0.717, 1.165) is 11.4 Å². The van der Waals surface area contributed by atoms with Crippen LogP contribution in [0.25, 0.3) is 22.0 Å². The third-order valence-corrected chi connectivity index (χ3v) is 5.08. The van der Waals surface area contributed by atoms with Crippen molar-refractivity contribution in [1.82, 2.24) is 9.97 Å². The van der Waals surface area contributed by atoms with Gasteiger partial charge in [0.05, 0.1) is 28.0 Å². The van der Waals surface area contributed by atoms with Gasteiger partial charge in [-0.3, -0.25) is 0 Å². The van der Waals surface area contributed by atoms with Gasteiger partial charge in [0.15, 0.2) is 0 Å². The van der Waals surface area contributed by atoms with Crippen LogP contribution in [0.5, 0.6) is 5.75 Å². The SMILES string of the molecule is CCc1cc2c(COC(=O)c3ccc4nc(C)c(C)nc4c3)cc(=O)oc2cc1O. The van der Waals surface area contributed by atoms with Gasteiger partial charge in [-0.25, -0.2) is 19.6 Å². The molecule has 0 spiro atoms. The van der Waals surface area contributed by atoms with Crippen molar-refractivity contribution in [3.05, 3.63) is 74.9 Å². The number of benzene rings is 2. The van der Waals surface area contributed by atoms with Crippen LogP contribution in [0.4, 0.5) is 0 Å². The van der Waals surface area contributed by atoms with E-state index < -0.39 is 11.6 Å². The summed E-state index contributed by atoms with van der Waals surface area (Å²) in [7, 11) is 0. The summed E-state index contributed by atoms with van der Waals surface area (Å²) >= 11 is 0. The summed E-state index contributed by atoms with van der Waals surface area (Å²) in [6.45, 7) is 5.55. The van der Waals surface area contributed by atoms with E-state index in [4.69, 9.17) is 9.15 Å². The first-order chi connectivity index (χ1) is 14.4. The molecule has 7 nitrogen and oxygen atoms in total. The Morgan fingerprint density at radius 2 is 1.77 bits per heavy atom. The molecule has 2 aromatic heterocycles. The Morgan fingerprint density at radius 1 is 1.03 bits per heavy atom. The highest BCUT2D eigenvalue weighted by Crippen LogP contribution is 2.27. The summed E-state index contributed by atoms with van der Waals surface area (Å²) in [5, 5.41) is 10.6. The number of hydrogen-bond donors (Lipinski definition) is 1. The molecule has 0 fully saturated rings. The first kappa shape index (κ1) is 19.6. The van der Waals surface area contributed by atoms with Crippen LogP contribution in [0.15, 0.2) is 45.6 Å². The van der Waals surface area contributed by atoms with Gasteiger partial charge in [-0.05, 0) is 50.1 Å². The summed E-state index contributed by atoms with van der Waals surface area (Å²) in [5.74, 6) is -0.474. The van der Waals surface area contributed by atoms with Gasteiger partial charge in [0, 0.05) is 23.1 Å². The Balaban J connectivity index is 1.63. The van der Waals surface area contributed by atoms with Crippen LogP contribution in [0.3, 0.4) is 0 Å². The normalized spacial score (nSPS) is 11.2. The number of fused-ring (bicyclic) bond motifs is 2. The lowest BCUT2D eigenvalue weighted by Crippen LogP contribution is -2.08. The number of ether oxygens (including phenoxy) is 1. The minimum atomic E-state index is -0.580. The lowest BCUT2D eigenvalue weighted by Gasteiger charge is -2.10. The fourth-order valence-corrected chi connectivity index (χ4v) is 3.29. The minimum Gasteiger partial charge on any atom is -0.508 e. The van der Waals surface area contributed by atoms with Crippen LogP contribution in [-0.4, -0.2) is 21.0 Å². The van der Waals surface area contributed by atoms with Crippen molar-refractivity contribution in [2.24, 2.45) is 0 Å². The minimum absolute atomic E-state index is 0.0603. The lowest BCUT2D eigenvalue weighted by molar-refractivity contribution is 0.0474. The summed E-state index contributed by atoms with van der Waals surface area (Å²) in [6.07, 6.45) is 0.608. The number of carbonyl (C=O) groups is 1. The number of aromatic hydroxyl groups is 1. The van der Waals surface area contributed by atoms with E-state index in [1.54, 1.807) is 24.3 Å². The Labute approximate surface area is 172 Å². The molecule has 0 aliphatic rings. The molecule has 2 aromatic carbocycles. The van der Waals surface area contributed by atoms with Crippen molar-refractivity contribution < 1.29 is 19.1 Å². The Kier molecular flexibility index (Phi) is 4.95. The maximum absolute atomic E-state index is 12.6. The van der Waals surface area contributed by atoms with Gasteiger partial charge in [-0.2, -0.15) is 0 Å². The topological polar surface area (TPSA) is 103 Å². The first-order valence-corrected chi connectivity index (χ1v) is 9.56. The Morgan fingerprint density at radius 3 is 2.50 bits per heavy atom. The van der Waals surface area contributed by atoms with E-state index in [0.29, 0.717) is 39.5 Å². The quantitative estimate of drug-likeness (QED) is 0.405. The van der Waals surface area contributed by atoms with E-state index in [1.165, 1.54) is 12.1 Å². The van der Waals surface area contributed by atoms with E-state index in [1.807, 2.05) is 20.8 Å². The molecule has 1 N–H and O–H groups in total. The predicted octanol–water partition coefficient (Wildman–Crippen LogP) is 3.98. The van der Waals surface area contributed by atoms with Crippen molar-refractivity contribution in [1.29, 1.82) is 0 Å². The molecule has 0 saturated carbocycles. The van der Waals surface area contributed by atoms with E-state index in [9.17, 15) is 14.7 Å². The summed E-state index contributed by atoms with van der Waals surface area (Å²) in [4.78, 5) is 33.4. The van der Waals surface area contributed by atoms with Crippen LogP contribution < -0.4 is 5.63 Å². The molecule has 0 saturated heterocycles. The molecule has 0 aliphatic heterocycles. The fourth-order valence-electron chi connectivity index (χ4n) is 3.29. The zero-order valence-corrected chi connectivity index (χ0v) is 16.9. The van der Waals surface area contributed by atoms with E-state index in [-0.39, 0.29) is 17.9 Å². The van der Waals surface area contributed by atoms with Crippen molar-refractivity contribution in [2.45, 2.75) is 33.8 Å². The van der Waals surface area contributed by atoms with Crippen LogP contribution in [0.2, 0.25) is 0 Å². The zero-order valence-electron chi connectivity index (χ0n) is 16.9. The first-order valence-electron chi connectivity index (χ1n) is 9.56. The molecule has 2 heterocycles. The van der Waals surface area contributed by atoms with Crippen LogP contribution >= 0.6 is 0 Å². The van der Waals surface area contributed by atoms with Gasteiger partial charge >= 0.3 is 11.6 Å². The number of carbonyl (C=O) groups excluding carboxylic acids is 1. The molecule has 4 aromatic rings. The largest absolute Gasteiger partial charge is 0.508 e. The van der Waals surface area contributed by atoms with E-state index >= 15 is 0 Å². The number of nitrogens with zero attached hydrogens (tertiary/aromatic N) is 2. The highest BCUT2D eigenvalue weighted by Gasteiger charge is 2.14. The maximum atomic E-state index is 12.6. The van der Waals surface area contributed by atoms with Crippen molar-refractivity contribution in [3.63, 3.8) is 0 Å². The molecule has 0 amide bonds. The second-order valence-electron chi connectivity index (χ2n) is 7.10. The third kappa shape index (κ3) is 3.61. The van der Waals surface area contributed by atoms with Gasteiger partial charge in [0.2, 0.25) is 0 Å². The predicted molar refractivity (Wildman–Crippen MR) is 112 cm³/mol. The van der Waals surface area contributed by atoms with Crippen molar-refractivity contribution >= 4 is 28.0 Å². The van der Waals surface area contributed by atoms with Crippen molar-refractivity contribution in [3.8, 4) is 5.75 Å². The third-order valence-electron chi connectivity index (χ3n) is 5.08. The van der Waals surface area contributed by atoms with Gasteiger partial charge in [0.25, 0.3) is 0 Å². The van der Waals surface area contributed by atoms with Gasteiger partial charge < -0.3 is 14.3 Å². The van der Waals surface area contributed by atoms with Crippen LogP contribution in [-0.2, 0) is 17.8 Å². The molecular formula is C23H20N2O5. The molecule has 7 heteroatoms. The Bertz CT molecular complexity index is 1360. The van der Waals surface area contributed by atoms with Crippen molar-refractivity contribution in [2.75, 3.05) is 0 Å². The molecule has 152 valence electrons. The number of rotatable bonds is 4. The highest BCUT2D eigenvalue weighted by molar-refractivity contribution is 5.93. The second kappa shape index (κ2) is 7.59. The molecule has 4 rings (SSSR count). The Hall–Kier alpha value is -3.74. The van der Waals surface area contributed by atoms with Crippen LogP contribution in [0.1, 0.15) is 39.8 Å². The van der Waals surface area contributed by atoms with Gasteiger partial charge in [-0.1, -0.05) is 6.92 Å². The summed E-state index contributed by atoms with van der Waals surface area (Å²) in [6, 6.07) is 9.46. The monoisotopic (exact) mass is 404 g/mol. The molecule has 0 radical (unpaired) electrons. The molecule has 0 aliphatic carbocycles. The van der Waals surface area contributed by atoms with Gasteiger partial charge in [-0.15, -0.1) is 0 Å². The lowest BCUT2D eigenvalue weighted by atomic mass is 10.0. The number of phenolic OH excluding ortho intramolecular Hbond substituents is 1. The average molecular weight is 404 g/mol. The smallest absolute Gasteiger partial charge is 0.338 e. The van der Waals surface area contributed by atoms with Crippen LogP contribution in [0, 0.1) is 13.8 Å². The fraction of sp³-hybridized carbons (Fsp3) is 0.217. The second-order valence-corrected chi connectivity index (χ2v) is 7.10. The van der Waals surface area contributed by atoms with E-state index in [2.05, 4.69) is 9.97 Å². The zero-order chi connectivity index (χ0) is 21.4. The highest BCUT2D eigenvalue weighted by atomic mass is 16.5. The summed E-state index contributed by atoms with van der Waals surface area (Å²) < 4.78 is 10.6. The number of esters is 1. The number of phenols is 1. The summed E-state index contributed by atoms with van der Waals surface area (Å²) in [5.41, 5.74) is 4.18. The number of aryl methyl sites for hydroxylation is 3. The number of hydrogen-bond acceptors (Lipinski definition) is 7. The molecule has 0 atom stereocenters. The van der Waals surface area contributed by atoms with Gasteiger partial charge in [0.1, 0.15) is 17.9 Å². The molecular weight excluding hydrogens is 384 g/mol. The molecule has 0 unspecified atom stereocenters. The average Bonchev–Trinajstić information content (AvgIpc) is 2.71.